The maximum atomic E-state index is 11.3. The van der Waals surface area contributed by atoms with E-state index in [-0.39, 0.29) is 5.88 Å². The van der Waals surface area contributed by atoms with Crippen LogP contribution in [0.4, 0.5) is 4.79 Å². The van der Waals surface area contributed by atoms with Gasteiger partial charge in [0, 0.05) is 13.1 Å². The van der Waals surface area contributed by atoms with E-state index in [0.29, 0.717) is 13.1 Å². The van der Waals surface area contributed by atoms with Crippen LogP contribution in [0.15, 0.2) is 0 Å². The molecule has 13 heavy (non-hydrogen) atoms. The summed E-state index contributed by atoms with van der Waals surface area (Å²) in [5.41, 5.74) is 0. The number of nitrogens with zero attached hydrogens (tertiary/aromatic N) is 2. The Hall–Kier alpha value is 0.140. The van der Waals surface area contributed by atoms with E-state index in [2.05, 4.69) is 5.32 Å². The van der Waals surface area contributed by atoms with Crippen LogP contribution in [0.1, 0.15) is 13.8 Å². The van der Waals surface area contributed by atoms with Crippen molar-refractivity contribution in [1.29, 1.82) is 0 Å². The molecule has 0 aliphatic carbocycles. The van der Waals surface area contributed by atoms with E-state index >= 15 is 0 Å². The van der Waals surface area contributed by atoms with E-state index in [1.54, 1.807) is 13.8 Å². The summed E-state index contributed by atoms with van der Waals surface area (Å²) in [5, 5.41) is 3.67. The lowest BCUT2D eigenvalue weighted by molar-refractivity contribution is 0.191. The molecule has 0 heterocycles. The average Bonchev–Trinajstić information content (AvgIpc) is 2.05. The number of carbonyl (C=O) groups is 1. The summed E-state index contributed by atoms with van der Waals surface area (Å²) in [7, 11) is 0. The normalized spacial score (nSPS) is 11.2. The highest BCUT2D eigenvalue weighted by molar-refractivity contribution is 6.51. The minimum absolute atomic E-state index is 0.0467. The molecule has 0 aromatic rings. The third-order valence-electron chi connectivity index (χ3n) is 1.40. The molecule has 0 aliphatic rings. The number of rotatable bonds is 4. The van der Waals surface area contributed by atoms with Gasteiger partial charge in [0.25, 0.3) is 0 Å². The molecular formula is C7H12Cl3N2O. The van der Waals surface area contributed by atoms with Gasteiger partial charge in [-0.05, 0) is 13.8 Å². The van der Waals surface area contributed by atoms with Gasteiger partial charge in [0.2, 0.25) is 4.46 Å². The van der Waals surface area contributed by atoms with Gasteiger partial charge in [-0.3, -0.25) is 4.90 Å². The van der Waals surface area contributed by atoms with E-state index in [4.69, 9.17) is 34.8 Å². The number of alkyl halides is 3. The average molecular weight is 247 g/mol. The Balaban J connectivity index is 4.40. The van der Waals surface area contributed by atoms with E-state index in [1.165, 1.54) is 4.90 Å². The van der Waals surface area contributed by atoms with Crippen molar-refractivity contribution in [3.63, 3.8) is 0 Å². The smallest absolute Gasteiger partial charge is 0.290 e. The van der Waals surface area contributed by atoms with Crippen molar-refractivity contribution in [2.75, 3.05) is 19.0 Å². The molecule has 0 saturated heterocycles. The van der Waals surface area contributed by atoms with Gasteiger partial charge in [0.15, 0.2) is 0 Å². The molecule has 0 fully saturated rings. The lowest BCUT2D eigenvalue weighted by Crippen LogP contribution is -2.47. The van der Waals surface area contributed by atoms with Crippen LogP contribution >= 0.6 is 34.8 Å². The fourth-order valence-electron chi connectivity index (χ4n) is 0.799. The summed E-state index contributed by atoms with van der Waals surface area (Å²) in [4.78, 5) is 12.5. The van der Waals surface area contributed by atoms with Crippen LogP contribution in [0.2, 0.25) is 0 Å². The van der Waals surface area contributed by atoms with Gasteiger partial charge in [-0.2, -0.15) is 0 Å². The second-order valence-electron chi connectivity index (χ2n) is 2.30. The minimum atomic E-state index is -1.37. The van der Waals surface area contributed by atoms with E-state index < -0.39 is 10.5 Å². The van der Waals surface area contributed by atoms with Gasteiger partial charge >= 0.3 is 6.03 Å². The molecule has 0 spiro atoms. The zero-order valence-electron chi connectivity index (χ0n) is 7.56. The summed E-state index contributed by atoms with van der Waals surface area (Å²) in [6.45, 7) is 4.30. The third kappa shape index (κ3) is 3.79. The van der Waals surface area contributed by atoms with Crippen molar-refractivity contribution in [2.45, 2.75) is 18.3 Å². The Morgan fingerprint density at radius 2 is 2.00 bits per heavy atom. The van der Waals surface area contributed by atoms with Gasteiger partial charge in [-0.15, -0.1) is 11.6 Å². The highest BCUT2D eigenvalue weighted by Crippen LogP contribution is 2.27. The first-order chi connectivity index (χ1) is 5.99. The van der Waals surface area contributed by atoms with Crippen molar-refractivity contribution < 1.29 is 4.79 Å². The summed E-state index contributed by atoms with van der Waals surface area (Å²) in [6.07, 6.45) is 0. The zero-order valence-corrected chi connectivity index (χ0v) is 9.83. The molecule has 0 unspecified atom stereocenters. The zero-order chi connectivity index (χ0) is 10.5. The van der Waals surface area contributed by atoms with Crippen LogP contribution in [0, 0.1) is 0 Å². The molecule has 0 N–H and O–H groups in total. The Kier molecular flexibility index (Phi) is 5.85. The Morgan fingerprint density at radius 3 is 2.31 bits per heavy atom. The molecule has 77 valence electrons. The number of amides is 2. The highest BCUT2D eigenvalue weighted by atomic mass is 35.5. The number of urea groups is 1. The van der Waals surface area contributed by atoms with Crippen molar-refractivity contribution in [2.24, 2.45) is 0 Å². The molecule has 0 atom stereocenters. The van der Waals surface area contributed by atoms with Gasteiger partial charge in [-0.1, -0.05) is 23.2 Å². The van der Waals surface area contributed by atoms with E-state index in [1.807, 2.05) is 0 Å². The summed E-state index contributed by atoms with van der Waals surface area (Å²) in [6, 6.07) is -0.435. The summed E-state index contributed by atoms with van der Waals surface area (Å²) < 4.78 is -1.37. The standard InChI is InChI=1S/C7H12Cl3N2O/c1-3-11-6(13)12(4-2)7(9,10)5-8/h3-5H2,1-2H3. The number of halogens is 3. The van der Waals surface area contributed by atoms with Crippen molar-refractivity contribution in [3.8, 4) is 0 Å². The van der Waals surface area contributed by atoms with Crippen molar-refractivity contribution >= 4 is 40.8 Å². The predicted molar refractivity (Wildman–Crippen MR) is 55.6 cm³/mol. The topological polar surface area (TPSA) is 34.4 Å². The molecule has 0 aromatic heterocycles. The van der Waals surface area contributed by atoms with Gasteiger partial charge in [0.1, 0.15) is 0 Å². The highest BCUT2D eigenvalue weighted by Gasteiger charge is 2.34. The van der Waals surface area contributed by atoms with E-state index in [9.17, 15) is 4.79 Å². The molecule has 0 saturated carbocycles. The molecular weight excluding hydrogens is 234 g/mol. The van der Waals surface area contributed by atoms with Crippen molar-refractivity contribution in [3.05, 3.63) is 0 Å². The predicted octanol–water partition coefficient (Wildman–Crippen LogP) is 2.42. The molecule has 1 radical (unpaired) electrons. The van der Waals surface area contributed by atoms with Crippen molar-refractivity contribution in [1.82, 2.24) is 10.2 Å². The van der Waals surface area contributed by atoms with E-state index in [0.717, 1.165) is 0 Å². The van der Waals surface area contributed by atoms with Gasteiger partial charge in [-0.25, -0.2) is 10.1 Å². The number of hydrogen-bond acceptors (Lipinski definition) is 1. The Bertz CT molecular complexity index is 175. The minimum Gasteiger partial charge on any atom is -0.290 e. The first-order valence-corrected chi connectivity index (χ1v) is 5.21. The lowest BCUT2D eigenvalue weighted by Gasteiger charge is -2.30. The van der Waals surface area contributed by atoms with Crippen LogP contribution < -0.4 is 5.32 Å². The molecule has 0 rings (SSSR count). The second kappa shape index (κ2) is 5.78. The van der Waals surface area contributed by atoms with Gasteiger partial charge < -0.3 is 0 Å². The Labute approximate surface area is 93.3 Å². The third-order valence-corrected chi connectivity index (χ3v) is 2.73. The fraction of sp³-hybridized carbons (Fsp3) is 0.857. The Morgan fingerprint density at radius 1 is 1.46 bits per heavy atom. The number of carbonyl (C=O) groups excluding carboxylic acids is 1. The fourth-order valence-corrected chi connectivity index (χ4v) is 1.33. The quantitative estimate of drug-likeness (QED) is 0.554. The molecule has 3 nitrogen and oxygen atoms in total. The summed E-state index contributed by atoms with van der Waals surface area (Å²) >= 11 is 17.1. The maximum absolute atomic E-state index is 11.3. The molecule has 0 bridgehead atoms. The van der Waals surface area contributed by atoms with Crippen LogP contribution in [-0.4, -0.2) is 34.4 Å². The molecule has 0 aliphatic heterocycles. The van der Waals surface area contributed by atoms with Gasteiger partial charge in [0.05, 0.1) is 5.88 Å². The molecule has 2 amide bonds. The molecule has 6 heteroatoms. The monoisotopic (exact) mass is 245 g/mol. The number of hydrogen-bond donors (Lipinski definition) is 0. The van der Waals surface area contributed by atoms with Crippen LogP contribution in [0.25, 0.3) is 0 Å². The SMILES string of the molecule is CC[N]C(=O)N(CC)C(Cl)(Cl)CCl. The molecule has 0 aromatic carbocycles. The first-order valence-electron chi connectivity index (χ1n) is 3.92. The maximum Gasteiger partial charge on any atom is 0.341 e. The van der Waals surface area contributed by atoms with Crippen LogP contribution in [-0.2, 0) is 0 Å². The van der Waals surface area contributed by atoms with Crippen LogP contribution in [0.5, 0.6) is 0 Å². The lowest BCUT2D eigenvalue weighted by atomic mass is 10.5. The second-order valence-corrected chi connectivity index (χ2v) is 4.01. The van der Waals surface area contributed by atoms with Crippen LogP contribution in [0.3, 0.4) is 0 Å². The largest absolute Gasteiger partial charge is 0.341 e. The summed E-state index contributed by atoms with van der Waals surface area (Å²) in [5.74, 6) is -0.0467. The first kappa shape index (κ1) is 13.1.